The van der Waals surface area contributed by atoms with Crippen LogP contribution in [0.1, 0.15) is 54.2 Å². The number of hydrogen-bond donors (Lipinski definition) is 1. The SMILES string of the molecule is O=c1[nH]c(C(C2CC2)C2CC2)nc2c1CN(Cc1ccccc1)CC2. The summed E-state index contributed by atoms with van der Waals surface area (Å²) in [6, 6.07) is 10.5. The molecule has 2 aliphatic carbocycles. The highest BCUT2D eigenvalue weighted by molar-refractivity contribution is 5.24. The zero-order valence-corrected chi connectivity index (χ0v) is 14.6. The molecule has 2 heterocycles. The highest BCUT2D eigenvalue weighted by Crippen LogP contribution is 2.53. The van der Waals surface area contributed by atoms with Gasteiger partial charge in [-0.15, -0.1) is 0 Å². The number of rotatable bonds is 5. The molecule has 0 spiro atoms. The molecule has 5 rings (SSSR count). The quantitative estimate of drug-likeness (QED) is 0.912. The molecule has 1 aromatic heterocycles. The van der Waals surface area contributed by atoms with Crippen LogP contribution in [0.15, 0.2) is 35.1 Å². The summed E-state index contributed by atoms with van der Waals surface area (Å²) in [5.41, 5.74) is 3.34. The van der Waals surface area contributed by atoms with E-state index < -0.39 is 0 Å². The smallest absolute Gasteiger partial charge is 0.255 e. The normalized spacial score (nSPS) is 20.7. The van der Waals surface area contributed by atoms with E-state index in [0.29, 0.717) is 12.5 Å². The Balaban J connectivity index is 1.38. The molecule has 1 aliphatic heterocycles. The first-order valence-electron chi connectivity index (χ1n) is 9.66. The molecule has 0 bridgehead atoms. The van der Waals surface area contributed by atoms with E-state index >= 15 is 0 Å². The highest BCUT2D eigenvalue weighted by Gasteiger charge is 2.44. The molecule has 130 valence electrons. The predicted molar refractivity (Wildman–Crippen MR) is 97.3 cm³/mol. The van der Waals surface area contributed by atoms with Gasteiger partial charge in [0.15, 0.2) is 0 Å². The molecule has 4 nitrogen and oxygen atoms in total. The lowest BCUT2D eigenvalue weighted by Crippen LogP contribution is -2.36. The predicted octanol–water partition coefficient (Wildman–Crippen LogP) is 3.23. The van der Waals surface area contributed by atoms with E-state index in [4.69, 9.17) is 4.98 Å². The van der Waals surface area contributed by atoms with Crippen LogP contribution in [-0.4, -0.2) is 21.4 Å². The third kappa shape index (κ3) is 3.15. The highest BCUT2D eigenvalue weighted by atomic mass is 16.1. The van der Waals surface area contributed by atoms with Gasteiger partial charge in [0.2, 0.25) is 0 Å². The minimum Gasteiger partial charge on any atom is -0.310 e. The number of hydrogen-bond acceptors (Lipinski definition) is 3. The number of fused-ring (bicyclic) bond motifs is 1. The zero-order valence-electron chi connectivity index (χ0n) is 14.6. The molecule has 2 fully saturated rings. The summed E-state index contributed by atoms with van der Waals surface area (Å²) < 4.78 is 0. The zero-order chi connectivity index (χ0) is 16.8. The fourth-order valence-electron chi connectivity index (χ4n) is 4.38. The topological polar surface area (TPSA) is 49.0 Å². The van der Waals surface area contributed by atoms with Gasteiger partial charge in [0.05, 0.1) is 11.3 Å². The second kappa shape index (κ2) is 6.10. The Labute approximate surface area is 148 Å². The molecule has 4 heteroatoms. The van der Waals surface area contributed by atoms with E-state index in [1.54, 1.807) is 0 Å². The van der Waals surface area contributed by atoms with Crippen LogP contribution < -0.4 is 5.56 Å². The van der Waals surface area contributed by atoms with Crippen LogP contribution in [0, 0.1) is 11.8 Å². The summed E-state index contributed by atoms with van der Waals surface area (Å²) in [7, 11) is 0. The lowest BCUT2D eigenvalue weighted by Gasteiger charge is -2.28. The Hall–Kier alpha value is -1.94. The second-order valence-corrected chi connectivity index (χ2v) is 8.02. The van der Waals surface area contributed by atoms with E-state index in [1.807, 2.05) is 6.07 Å². The summed E-state index contributed by atoms with van der Waals surface area (Å²) >= 11 is 0. The van der Waals surface area contributed by atoms with Gasteiger partial charge in [-0.3, -0.25) is 9.69 Å². The van der Waals surface area contributed by atoms with E-state index in [1.165, 1.54) is 31.2 Å². The Morgan fingerprint density at radius 1 is 1.12 bits per heavy atom. The van der Waals surface area contributed by atoms with Crippen molar-refractivity contribution in [2.24, 2.45) is 11.8 Å². The molecule has 1 aromatic carbocycles. The van der Waals surface area contributed by atoms with Crippen LogP contribution in [0.4, 0.5) is 0 Å². The number of benzene rings is 1. The first-order valence-corrected chi connectivity index (χ1v) is 9.66. The molecule has 0 atom stereocenters. The van der Waals surface area contributed by atoms with Gasteiger partial charge in [-0.1, -0.05) is 30.3 Å². The Morgan fingerprint density at radius 3 is 2.52 bits per heavy atom. The lowest BCUT2D eigenvalue weighted by atomic mass is 9.96. The lowest BCUT2D eigenvalue weighted by molar-refractivity contribution is 0.241. The molecule has 0 radical (unpaired) electrons. The third-order valence-corrected chi connectivity index (χ3v) is 5.99. The average Bonchev–Trinajstić information content (AvgIpc) is 3.52. The van der Waals surface area contributed by atoms with Gasteiger partial charge < -0.3 is 4.98 Å². The van der Waals surface area contributed by atoms with Crippen molar-refractivity contribution in [3.63, 3.8) is 0 Å². The first kappa shape index (κ1) is 15.3. The van der Waals surface area contributed by atoms with Crippen LogP contribution in [-0.2, 0) is 19.5 Å². The minimum absolute atomic E-state index is 0.101. The van der Waals surface area contributed by atoms with Gasteiger partial charge in [0.25, 0.3) is 5.56 Å². The van der Waals surface area contributed by atoms with Crippen molar-refractivity contribution in [1.29, 1.82) is 0 Å². The molecule has 3 aliphatic rings. The van der Waals surface area contributed by atoms with Crippen LogP contribution >= 0.6 is 0 Å². The van der Waals surface area contributed by atoms with Crippen LogP contribution in [0.25, 0.3) is 0 Å². The van der Waals surface area contributed by atoms with Gasteiger partial charge in [-0.2, -0.15) is 0 Å². The van der Waals surface area contributed by atoms with Crippen molar-refractivity contribution in [2.75, 3.05) is 6.54 Å². The molecule has 2 aromatic rings. The van der Waals surface area contributed by atoms with Gasteiger partial charge in [-0.25, -0.2) is 4.98 Å². The van der Waals surface area contributed by atoms with Gasteiger partial charge >= 0.3 is 0 Å². The summed E-state index contributed by atoms with van der Waals surface area (Å²) in [4.78, 5) is 23.2. The van der Waals surface area contributed by atoms with Crippen molar-refractivity contribution < 1.29 is 0 Å². The number of nitrogens with zero attached hydrogens (tertiary/aromatic N) is 2. The molecule has 0 amide bonds. The van der Waals surface area contributed by atoms with Crippen molar-refractivity contribution >= 4 is 0 Å². The van der Waals surface area contributed by atoms with Crippen molar-refractivity contribution in [3.05, 3.63) is 63.3 Å². The van der Waals surface area contributed by atoms with Crippen molar-refractivity contribution in [2.45, 2.75) is 51.1 Å². The number of nitrogens with one attached hydrogen (secondary N) is 1. The maximum Gasteiger partial charge on any atom is 0.255 e. The van der Waals surface area contributed by atoms with Crippen LogP contribution in [0.2, 0.25) is 0 Å². The Morgan fingerprint density at radius 2 is 1.84 bits per heavy atom. The molecular weight excluding hydrogens is 310 g/mol. The van der Waals surface area contributed by atoms with E-state index in [-0.39, 0.29) is 5.56 Å². The maximum absolute atomic E-state index is 12.8. The summed E-state index contributed by atoms with van der Waals surface area (Å²) in [6.07, 6.45) is 6.14. The number of H-pyrrole nitrogens is 1. The first-order chi connectivity index (χ1) is 12.3. The largest absolute Gasteiger partial charge is 0.310 e. The Kier molecular flexibility index (Phi) is 3.74. The van der Waals surface area contributed by atoms with Crippen LogP contribution in [0.5, 0.6) is 0 Å². The molecule has 0 saturated heterocycles. The molecule has 0 unspecified atom stereocenters. The maximum atomic E-state index is 12.8. The fraction of sp³-hybridized carbons (Fsp3) is 0.524. The Bertz CT molecular complexity index is 809. The monoisotopic (exact) mass is 335 g/mol. The van der Waals surface area contributed by atoms with Gasteiger partial charge in [-0.05, 0) is 43.1 Å². The molecule has 2 saturated carbocycles. The molecular formula is C21H25N3O. The molecule has 1 N–H and O–H groups in total. The summed E-state index contributed by atoms with van der Waals surface area (Å²) in [5.74, 6) is 3.05. The fourth-order valence-corrected chi connectivity index (χ4v) is 4.38. The van der Waals surface area contributed by atoms with Crippen LogP contribution in [0.3, 0.4) is 0 Å². The summed E-state index contributed by atoms with van der Waals surface area (Å²) in [5, 5.41) is 0. The number of aromatic amines is 1. The van der Waals surface area contributed by atoms with E-state index in [9.17, 15) is 4.79 Å². The van der Waals surface area contributed by atoms with Crippen molar-refractivity contribution in [1.82, 2.24) is 14.9 Å². The van der Waals surface area contributed by atoms with Crippen molar-refractivity contribution in [3.8, 4) is 0 Å². The standard InChI is InChI=1S/C21H25N3O/c25-21-17-13-24(12-14-4-2-1-3-5-14)11-10-18(17)22-20(23-21)19(15-6-7-15)16-8-9-16/h1-5,15-16,19H,6-13H2,(H,22,23,25). The average molecular weight is 335 g/mol. The third-order valence-electron chi connectivity index (χ3n) is 5.99. The number of aromatic nitrogens is 2. The minimum atomic E-state index is 0.101. The van der Waals surface area contributed by atoms with E-state index in [2.05, 4.69) is 34.1 Å². The molecule has 25 heavy (non-hydrogen) atoms. The van der Waals surface area contributed by atoms with Gasteiger partial charge in [0.1, 0.15) is 5.82 Å². The second-order valence-electron chi connectivity index (χ2n) is 8.02. The summed E-state index contributed by atoms with van der Waals surface area (Å²) in [6.45, 7) is 2.59. The van der Waals surface area contributed by atoms with Gasteiger partial charge in [0, 0.05) is 32.0 Å². The van der Waals surface area contributed by atoms with E-state index in [0.717, 1.165) is 48.4 Å².